The Morgan fingerprint density at radius 2 is 2.00 bits per heavy atom. The smallest absolute Gasteiger partial charge is 0.185 e. The van der Waals surface area contributed by atoms with Crippen LogP contribution in [0, 0.1) is 0 Å². The first-order valence-electron chi connectivity index (χ1n) is 6.42. The van der Waals surface area contributed by atoms with E-state index in [1.165, 1.54) is 22.5 Å². The van der Waals surface area contributed by atoms with E-state index in [2.05, 4.69) is 0 Å². The first kappa shape index (κ1) is 14.0. The number of thiophene rings is 1. The Morgan fingerprint density at radius 1 is 1.20 bits per heavy atom. The Kier molecular flexibility index (Phi) is 4.06. The highest BCUT2D eigenvalue weighted by Gasteiger charge is 2.17. The zero-order chi connectivity index (χ0) is 14.1. The topological polar surface area (TPSA) is 34.1 Å². The van der Waals surface area contributed by atoms with Gasteiger partial charge >= 0.3 is 0 Å². The Balaban J connectivity index is 1.75. The zero-order valence-corrected chi connectivity index (χ0v) is 13.1. The molecule has 0 N–H and O–H groups in total. The first-order chi connectivity index (χ1) is 9.63. The molecule has 3 rings (SSSR count). The van der Waals surface area contributed by atoms with Crippen LogP contribution in [-0.4, -0.2) is 15.7 Å². The number of rotatable bonds is 4. The number of hydrogen-bond acceptors (Lipinski definition) is 3. The molecule has 0 fully saturated rings. The number of halogens is 1. The molecule has 20 heavy (non-hydrogen) atoms. The van der Waals surface area contributed by atoms with E-state index in [9.17, 15) is 9.00 Å². The summed E-state index contributed by atoms with van der Waals surface area (Å²) in [6.45, 7) is 0. The molecule has 0 aliphatic heterocycles. The van der Waals surface area contributed by atoms with E-state index in [0.717, 1.165) is 24.2 Å². The van der Waals surface area contributed by atoms with Crippen molar-refractivity contribution in [3.8, 4) is 0 Å². The number of benzene rings is 1. The normalized spacial score (nSPS) is 15.1. The molecule has 1 aliphatic carbocycles. The third kappa shape index (κ3) is 2.87. The second kappa shape index (κ2) is 5.80. The quantitative estimate of drug-likeness (QED) is 0.800. The average molecular weight is 325 g/mol. The van der Waals surface area contributed by atoms with Crippen LogP contribution >= 0.6 is 22.9 Å². The molecule has 1 aromatic heterocycles. The van der Waals surface area contributed by atoms with Gasteiger partial charge in [-0.3, -0.25) is 9.00 Å². The molecule has 0 spiro atoms. The second-order valence-corrected chi connectivity index (χ2v) is 7.97. The maximum absolute atomic E-state index is 12.3. The molecular formula is C15H13ClO2S2. The van der Waals surface area contributed by atoms with Crippen molar-refractivity contribution < 1.29 is 9.00 Å². The molecule has 1 aromatic carbocycles. The van der Waals surface area contributed by atoms with Crippen LogP contribution in [0.2, 0.25) is 4.34 Å². The van der Waals surface area contributed by atoms with Gasteiger partial charge in [0.25, 0.3) is 0 Å². The van der Waals surface area contributed by atoms with Gasteiger partial charge in [-0.1, -0.05) is 17.7 Å². The summed E-state index contributed by atoms with van der Waals surface area (Å²) >= 11 is 7.05. The summed E-state index contributed by atoms with van der Waals surface area (Å²) < 4.78 is 12.9. The van der Waals surface area contributed by atoms with Gasteiger partial charge in [0.2, 0.25) is 0 Å². The number of hydrogen-bond donors (Lipinski definition) is 0. The second-order valence-electron chi connectivity index (χ2n) is 4.80. The Morgan fingerprint density at radius 3 is 2.75 bits per heavy atom. The van der Waals surface area contributed by atoms with E-state index in [1.54, 1.807) is 12.1 Å². The maximum atomic E-state index is 12.3. The van der Waals surface area contributed by atoms with Crippen LogP contribution in [0.5, 0.6) is 0 Å². The zero-order valence-electron chi connectivity index (χ0n) is 10.7. The van der Waals surface area contributed by atoms with Crippen LogP contribution in [0.3, 0.4) is 0 Å². The van der Waals surface area contributed by atoms with Crippen LogP contribution in [0.1, 0.15) is 27.2 Å². The van der Waals surface area contributed by atoms with Crippen molar-refractivity contribution in [3.05, 3.63) is 50.7 Å². The molecule has 1 aliphatic rings. The highest BCUT2D eigenvalue weighted by molar-refractivity contribution is 7.85. The largest absolute Gasteiger partial charge is 0.292 e. The van der Waals surface area contributed by atoms with Crippen molar-refractivity contribution in [2.75, 3.05) is 5.75 Å². The Bertz CT molecular complexity index is 691. The maximum Gasteiger partial charge on any atom is 0.185 e. The minimum atomic E-state index is -1.28. The van der Waals surface area contributed by atoms with Crippen LogP contribution in [-0.2, 0) is 23.6 Å². The molecule has 2 aromatic rings. The summed E-state index contributed by atoms with van der Waals surface area (Å²) in [4.78, 5) is 13.4. The van der Waals surface area contributed by atoms with Crippen molar-refractivity contribution in [2.45, 2.75) is 24.2 Å². The Hall–Kier alpha value is -0.970. The lowest BCUT2D eigenvalue weighted by atomic mass is 10.1. The fourth-order valence-corrected chi connectivity index (χ4v) is 4.55. The van der Waals surface area contributed by atoms with Gasteiger partial charge in [0, 0.05) is 4.90 Å². The van der Waals surface area contributed by atoms with E-state index in [0.29, 0.717) is 9.21 Å². The molecule has 0 saturated heterocycles. The minimum absolute atomic E-state index is 0.0234. The van der Waals surface area contributed by atoms with Gasteiger partial charge in [-0.15, -0.1) is 11.3 Å². The fourth-order valence-electron chi connectivity index (χ4n) is 2.43. The predicted molar refractivity (Wildman–Crippen MR) is 83.4 cm³/mol. The van der Waals surface area contributed by atoms with Crippen LogP contribution < -0.4 is 0 Å². The first-order valence-corrected chi connectivity index (χ1v) is 8.93. The molecule has 1 unspecified atom stereocenters. The number of aryl methyl sites for hydroxylation is 2. The van der Waals surface area contributed by atoms with Gasteiger partial charge in [0.15, 0.2) is 5.78 Å². The predicted octanol–water partition coefficient (Wildman–Crippen LogP) is 3.88. The van der Waals surface area contributed by atoms with E-state index >= 15 is 0 Å². The molecule has 104 valence electrons. The van der Waals surface area contributed by atoms with Crippen molar-refractivity contribution in [2.24, 2.45) is 0 Å². The van der Waals surface area contributed by atoms with Crippen LogP contribution in [0.25, 0.3) is 0 Å². The summed E-state index contributed by atoms with van der Waals surface area (Å²) in [5.74, 6) is -0.0870. The molecule has 0 radical (unpaired) electrons. The lowest BCUT2D eigenvalue weighted by Crippen LogP contribution is -2.10. The highest BCUT2D eigenvalue weighted by atomic mass is 35.5. The number of carbonyl (C=O) groups is 1. The number of ketones is 1. The van der Waals surface area contributed by atoms with E-state index in [4.69, 9.17) is 11.6 Å². The number of carbonyl (C=O) groups excluding carboxylic acids is 1. The lowest BCUT2D eigenvalue weighted by molar-refractivity contribution is 0.102. The summed E-state index contributed by atoms with van der Waals surface area (Å²) in [5.41, 5.74) is 2.63. The summed E-state index contributed by atoms with van der Waals surface area (Å²) in [6, 6.07) is 9.30. The standard InChI is InChI=1S/C15H13ClO2S2/c16-15-7-6-14(19-15)13(17)9-20(18)12-5-4-10-2-1-3-11(10)8-12/h4-8H,1-3,9H2. The average Bonchev–Trinajstić information content (AvgIpc) is 3.05. The van der Waals surface area contributed by atoms with Crippen molar-refractivity contribution in [1.82, 2.24) is 0 Å². The van der Waals surface area contributed by atoms with E-state index < -0.39 is 10.8 Å². The highest BCUT2D eigenvalue weighted by Crippen LogP contribution is 2.25. The van der Waals surface area contributed by atoms with E-state index in [1.807, 2.05) is 18.2 Å². The Labute approximate surface area is 129 Å². The minimum Gasteiger partial charge on any atom is -0.292 e. The third-order valence-electron chi connectivity index (χ3n) is 3.44. The molecule has 2 nitrogen and oxygen atoms in total. The third-order valence-corrected chi connectivity index (χ3v) is 6.02. The molecule has 1 heterocycles. The van der Waals surface area contributed by atoms with Gasteiger partial charge in [-0.2, -0.15) is 0 Å². The van der Waals surface area contributed by atoms with Crippen LogP contribution in [0.15, 0.2) is 35.2 Å². The van der Waals surface area contributed by atoms with Crippen LogP contribution in [0.4, 0.5) is 0 Å². The van der Waals surface area contributed by atoms with Crippen molar-refractivity contribution in [3.63, 3.8) is 0 Å². The molecule has 0 saturated carbocycles. The van der Waals surface area contributed by atoms with Gasteiger partial charge in [0.05, 0.1) is 25.8 Å². The summed E-state index contributed by atoms with van der Waals surface area (Å²) in [7, 11) is -1.28. The van der Waals surface area contributed by atoms with E-state index in [-0.39, 0.29) is 11.5 Å². The molecule has 1 atom stereocenters. The molecule has 5 heteroatoms. The van der Waals surface area contributed by atoms with Gasteiger partial charge < -0.3 is 0 Å². The number of Topliss-reactive ketones (excluding diaryl/α,β-unsaturated/α-hetero) is 1. The number of fused-ring (bicyclic) bond motifs is 1. The van der Waals surface area contributed by atoms with Gasteiger partial charge in [-0.25, -0.2) is 0 Å². The molecule has 0 bridgehead atoms. The van der Waals surface area contributed by atoms with Crippen molar-refractivity contribution >= 4 is 39.5 Å². The van der Waals surface area contributed by atoms with Gasteiger partial charge in [0.1, 0.15) is 0 Å². The summed E-state index contributed by atoms with van der Waals surface area (Å²) in [5, 5.41) is 0. The van der Waals surface area contributed by atoms with Gasteiger partial charge in [-0.05, 0) is 54.7 Å². The van der Waals surface area contributed by atoms with Crippen molar-refractivity contribution in [1.29, 1.82) is 0 Å². The molecular weight excluding hydrogens is 312 g/mol. The lowest BCUT2D eigenvalue weighted by Gasteiger charge is -2.04. The summed E-state index contributed by atoms with van der Waals surface area (Å²) in [6.07, 6.45) is 3.32. The SMILES string of the molecule is O=C(CS(=O)c1ccc2c(c1)CCC2)c1ccc(Cl)s1. The monoisotopic (exact) mass is 324 g/mol. The molecule has 0 amide bonds. The fraction of sp³-hybridized carbons (Fsp3) is 0.267.